The number of carbonyl (C=O) groups is 1. The van der Waals surface area contributed by atoms with Gasteiger partial charge in [-0.25, -0.2) is 8.42 Å². The summed E-state index contributed by atoms with van der Waals surface area (Å²) >= 11 is 0. The molecule has 0 aromatic heterocycles. The van der Waals surface area contributed by atoms with E-state index in [4.69, 9.17) is 4.74 Å². The Bertz CT molecular complexity index is 1140. The molecule has 0 unspecified atom stereocenters. The third-order valence-electron chi connectivity index (χ3n) is 5.06. The largest absolute Gasteiger partial charge is 0.484 e. The minimum absolute atomic E-state index is 0.0171. The molecule has 32 heavy (non-hydrogen) atoms. The van der Waals surface area contributed by atoms with E-state index in [0.29, 0.717) is 11.4 Å². The van der Waals surface area contributed by atoms with Crippen LogP contribution in [0.25, 0.3) is 0 Å². The van der Waals surface area contributed by atoms with Crippen LogP contribution >= 0.6 is 0 Å². The number of amides is 1. The van der Waals surface area contributed by atoms with Crippen molar-refractivity contribution in [3.8, 4) is 5.75 Å². The van der Waals surface area contributed by atoms with Crippen LogP contribution in [0.2, 0.25) is 0 Å². The molecule has 1 amide bonds. The van der Waals surface area contributed by atoms with Crippen LogP contribution in [0.3, 0.4) is 0 Å². The molecule has 0 fully saturated rings. The molecular weight excluding hydrogens is 424 g/mol. The van der Waals surface area contributed by atoms with Gasteiger partial charge in [0.2, 0.25) is 0 Å². The van der Waals surface area contributed by atoms with E-state index in [1.807, 2.05) is 51.1 Å². The fourth-order valence-corrected chi connectivity index (χ4v) is 4.49. The predicted octanol–water partition coefficient (Wildman–Crippen LogP) is 4.64. The van der Waals surface area contributed by atoms with E-state index in [1.54, 1.807) is 53.4 Å². The van der Waals surface area contributed by atoms with Gasteiger partial charge in [0.1, 0.15) is 5.75 Å². The van der Waals surface area contributed by atoms with Crippen molar-refractivity contribution in [3.63, 3.8) is 0 Å². The first-order valence-electron chi connectivity index (χ1n) is 10.4. The normalized spacial score (nSPS) is 11.3. The number of para-hydroxylation sites is 1. The molecule has 0 aliphatic rings. The average molecular weight is 453 g/mol. The van der Waals surface area contributed by atoms with E-state index >= 15 is 0 Å². The van der Waals surface area contributed by atoms with Gasteiger partial charge in [-0.15, -0.1) is 0 Å². The van der Waals surface area contributed by atoms with E-state index in [9.17, 15) is 13.2 Å². The maximum absolute atomic E-state index is 12.9. The van der Waals surface area contributed by atoms with Crippen LogP contribution in [0, 0.1) is 6.92 Å². The van der Waals surface area contributed by atoms with Crippen LogP contribution in [0.15, 0.2) is 83.8 Å². The Morgan fingerprint density at radius 3 is 2.03 bits per heavy atom. The van der Waals surface area contributed by atoms with Crippen molar-refractivity contribution in [2.75, 3.05) is 22.9 Å². The molecule has 0 bridgehead atoms. The first kappa shape index (κ1) is 23.3. The zero-order chi connectivity index (χ0) is 23.3. The second-order valence-electron chi connectivity index (χ2n) is 7.76. The van der Waals surface area contributed by atoms with Gasteiger partial charge in [-0.2, -0.15) is 0 Å². The molecule has 0 aliphatic carbocycles. The number of rotatable bonds is 8. The predicted molar refractivity (Wildman–Crippen MR) is 128 cm³/mol. The maximum Gasteiger partial charge on any atom is 0.265 e. The highest BCUT2D eigenvalue weighted by Crippen LogP contribution is 2.25. The second-order valence-corrected chi connectivity index (χ2v) is 9.73. The summed E-state index contributed by atoms with van der Waals surface area (Å²) in [7, 11) is -2.16. The summed E-state index contributed by atoms with van der Waals surface area (Å²) in [5.74, 6) is 0.328. The summed E-state index contributed by atoms with van der Waals surface area (Å²) < 4.78 is 32.6. The number of anilines is 2. The van der Waals surface area contributed by atoms with Crippen LogP contribution in [-0.4, -0.2) is 34.0 Å². The van der Waals surface area contributed by atoms with Gasteiger partial charge < -0.3 is 9.64 Å². The lowest BCUT2D eigenvalue weighted by atomic mass is 10.2. The molecule has 0 spiro atoms. The molecule has 3 aromatic rings. The zero-order valence-electron chi connectivity index (χ0n) is 18.7. The van der Waals surface area contributed by atoms with Gasteiger partial charge in [0, 0.05) is 18.8 Å². The lowest BCUT2D eigenvalue weighted by molar-refractivity contribution is -0.120. The topological polar surface area (TPSA) is 66.9 Å². The second kappa shape index (κ2) is 9.87. The first-order valence-corrected chi connectivity index (χ1v) is 11.8. The summed E-state index contributed by atoms with van der Waals surface area (Å²) in [5, 5.41) is 0. The Labute approximate surface area is 190 Å². The SMILES string of the molecule is Cc1ccc(S(=O)(=O)N(C)c2ccc(OCC(=O)N(c3ccccc3)C(C)C)cc2)cc1. The summed E-state index contributed by atoms with van der Waals surface area (Å²) in [6.07, 6.45) is 0. The zero-order valence-corrected chi connectivity index (χ0v) is 19.5. The summed E-state index contributed by atoms with van der Waals surface area (Å²) in [4.78, 5) is 14.7. The Kier molecular flexibility index (Phi) is 7.20. The minimum atomic E-state index is -3.67. The number of sulfonamides is 1. The molecule has 0 atom stereocenters. The van der Waals surface area contributed by atoms with Gasteiger partial charge in [-0.05, 0) is 69.3 Å². The van der Waals surface area contributed by atoms with E-state index in [-0.39, 0.29) is 23.5 Å². The van der Waals surface area contributed by atoms with Gasteiger partial charge in [0.25, 0.3) is 15.9 Å². The number of ether oxygens (including phenoxy) is 1. The third kappa shape index (κ3) is 5.29. The number of hydrogen-bond acceptors (Lipinski definition) is 4. The van der Waals surface area contributed by atoms with E-state index in [2.05, 4.69) is 0 Å². The standard InChI is InChI=1S/C25H28N2O4S/c1-19(2)27(22-8-6-5-7-9-22)25(28)18-31-23-14-12-21(13-15-23)26(4)32(29,30)24-16-10-20(3)11-17-24/h5-17,19H,18H2,1-4H3. The Morgan fingerprint density at radius 2 is 1.47 bits per heavy atom. The molecule has 0 aliphatic heterocycles. The van der Waals surface area contributed by atoms with Gasteiger partial charge in [-0.1, -0.05) is 35.9 Å². The third-order valence-corrected chi connectivity index (χ3v) is 6.86. The van der Waals surface area contributed by atoms with Crippen molar-refractivity contribution in [2.24, 2.45) is 0 Å². The van der Waals surface area contributed by atoms with Crippen molar-refractivity contribution < 1.29 is 17.9 Å². The van der Waals surface area contributed by atoms with Crippen LogP contribution in [0.1, 0.15) is 19.4 Å². The van der Waals surface area contributed by atoms with E-state index in [1.165, 1.54) is 11.4 Å². The van der Waals surface area contributed by atoms with Gasteiger partial charge in [-0.3, -0.25) is 9.10 Å². The Hall–Kier alpha value is -3.32. The molecule has 0 radical (unpaired) electrons. The fraction of sp³-hybridized carbons (Fsp3) is 0.240. The van der Waals surface area contributed by atoms with Crippen LogP contribution in [-0.2, 0) is 14.8 Å². The lowest BCUT2D eigenvalue weighted by Gasteiger charge is -2.27. The van der Waals surface area contributed by atoms with Crippen molar-refractivity contribution in [2.45, 2.75) is 31.7 Å². The summed E-state index contributed by atoms with van der Waals surface area (Å²) in [6.45, 7) is 5.68. The molecule has 0 saturated carbocycles. The molecular formula is C25H28N2O4S. The van der Waals surface area contributed by atoms with Crippen LogP contribution in [0.5, 0.6) is 5.75 Å². The number of carbonyl (C=O) groups excluding carboxylic acids is 1. The number of nitrogens with zero attached hydrogens (tertiary/aromatic N) is 2. The van der Waals surface area contributed by atoms with Crippen molar-refractivity contribution >= 4 is 27.3 Å². The van der Waals surface area contributed by atoms with Crippen LogP contribution < -0.4 is 13.9 Å². The lowest BCUT2D eigenvalue weighted by Crippen LogP contribution is -2.40. The number of benzene rings is 3. The quantitative estimate of drug-likeness (QED) is 0.499. The van der Waals surface area contributed by atoms with Gasteiger partial charge >= 0.3 is 0 Å². The molecule has 0 heterocycles. The van der Waals surface area contributed by atoms with Gasteiger partial charge in [0.05, 0.1) is 10.6 Å². The highest BCUT2D eigenvalue weighted by Gasteiger charge is 2.22. The Balaban J connectivity index is 1.68. The average Bonchev–Trinajstić information content (AvgIpc) is 2.78. The summed E-state index contributed by atoms with van der Waals surface area (Å²) in [6, 6.07) is 22.8. The monoisotopic (exact) mass is 452 g/mol. The fourth-order valence-electron chi connectivity index (χ4n) is 3.29. The number of aryl methyl sites for hydroxylation is 1. The maximum atomic E-state index is 12.9. The van der Waals surface area contributed by atoms with Crippen molar-refractivity contribution in [3.05, 3.63) is 84.4 Å². The molecule has 3 aromatic carbocycles. The number of hydrogen-bond donors (Lipinski definition) is 0. The van der Waals surface area contributed by atoms with Gasteiger partial charge in [0.15, 0.2) is 6.61 Å². The molecule has 3 rings (SSSR count). The van der Waals surface area contributed by atoms with E-state index in [0.717, 1.165) is 11.3 Å². The molecule has 168 valence electrons. The van der Waals surface area contributed by atoms with Crippen molar-refractivity contribution in [1.82, 2.24) is 0 Å². The van der Waals surface area contributed by atoms with Crippen LogP contribution in [0.4, 0.5) is 11.4 Å². The highest BCUT2D eigenvalue weighted by molar-refractivity contribution is 7.92. The van der Waals surface area contributed by atoms with E-state index < -0.39 is 10.0 Å². The molecule has 6 nitrogen and oxygen atoms in total. The van der Waals surface area contributed by atoms with Crippen molar-refractivity contribution in [1.29, 1.82) is 0 Å². The molecule has 0 N–H and O–H groups in total. The minimum Gasteiger partial charge on any atom is -0.484 e. The molecule has 7 heteroatoms. The first-order chi connectivity index (χ1) is 15.2. The Morgan fingerprint density at radius 1 is 0.875 bits per heavy atom. The molecule has 0 saturated heterocycles. The summed E-state index contributed by atoms with van der Waals surface area (Å²) in [5.41, 5.74) is 2.30. The smallest absolute Gasteiger partial charge is 0.265 e. The highest BCUT2D eigenvalue weighted by atomic mass is 32.2.